The van der Waals surface area contributed by atoms with E-state index in [0.717, 1.165) is 19.4 Å². The first-order valence-corrected chi connectivity index (χ1v) is 6.28. The van der Waals surface area contributed by atoms with E-state index in [0.29, 0.717) is 10.7 Å². The van der Waals surface area contributed by atoms with Crippen LogP contribution in [0.5, 0.6) is 0 Å². The smallest absolute Gasteiger partial charge is 0.293 e. The van der Waals surface area contributed by atoms with E-state index in [1.807, 2.05) is 6.92 Å². The van der Waals surface area contributed by atoms with Gasteiger partial charge in [-0.1, -0.05) is 17.7 Å². The molecule has 6 heteroatoms. The molecule has 0 amide bonds. The standard InChI is InChI=1S/C12H15ClN2O3/c1-8(11-6-3-7-18-11)14-12-9(13)4-2-5-10(12)15(16)17/h2,4-5,8,11,14H,3,6-7H2,1H3. The normalized spacial score (nSPS) is 20.7. The van der Waals surface area contributed by atoms with Crippen molar-refractivity contribution in [1.82, 2.24) is 0 Å². The number of ether oxygens (including phenoxy) is 1. The number of anilines is 1. The molecule has 0 saturated carbocycles. The summed E-state index contributed by atoms with van der Waals surface area (Å²) in [6.45, 7) is 2.70. The zero-order chi connectivity index (χ0) is 13.1. The summed E-state index contributed by atoms with van der Waals surface area (Å²) in [5, 5.41) is 14.4. The second-order valence-electron chi connectivity index (χ2n) is 4.38. The summed E-state index contributed by atoms with van der Waals surface area (Å²) in [4.78, 5) is 10.5. The van der Waals surface area contributed by atoms with Crippen LogP contribution in [0.3, 0.4) is 0 Å². The molecule has 1 aromatic rings. The predicted molar refractivity (Wildman–Crippen MR) is 70.2 cm³/mol. The van der Waals surface area contributed by atoms with Gasteiger partial charge in [0.25, 0.3) is 5.69 Å². The van der Waals surface area contributed by atoms with Crippen molar-refractivity contribution in [2.24, 2.45) is 0 Å². The summed E-state index contributed by atoms with van der Waals surface area (Å²) >= 11 is 6.02. The van der Waals surface area contributed by atoms with Crippen molar-refractivity contribution in [3.63, 3.8) is 0 Å². The number of benzene rings is 1. The molecule has 1 aromatic carbocycles. The van der Waals surface area contributed by atoms with Crippen LogP contribution in [0.25, 0.3) is 0 Å². The second kappa shape index (κ2) is 5.54. The lowest BCUT2D eigenvalue weighted by atomic mass is 10.1. The quantitative estimate of drug-likeness (QED) is 0.674. The Morgan fingerprint density at radius 2 is 2.39 bits per heavy atom. The number of hydrogen-bond donors (Lipinski definition) is 1. The van der Waals surface area contributed by atoms with Gasteiger partial charge in [-0.15, -0.1) is 0 Å². The lowest BCUT2D eigenvalue weighted by molar-refractivity contribution is -0.384. The monoisotopic (exact) mass is 270 g/mol. The molecule has 1 saturated heterocycles. The van der Waals surface area contributed by atoms with Gasteiger partial charge in [0.2, 0.25) is 0 Å². The number of nitrogens with one attached hydrogen (secondary N) is 1. The predicted octanol–water partition coefficient (Wildman–Crippen LogP) is 3.23. The third kappa shape index (κ3) is 2.73. The van der Waals surface area contributed by atoms with Gasteiger partial charge in [0.1, 0.15) is 5.69 Å². The highest BCUT2D eigenvalue weighted by molar-refractivity contribution is 6.33. The maximum atomic E-state index is 11.0. The molecular weight excluding hydrogens is 256 g/mol. The molecule has 98 valence electrons. The lowest BCUT2D eigenvalue weighted by Gasteiger charge is -2.21. The molecule has 0 aromatic heterocycles. The van der Waals surface area contributed by atoms with Gasteiger partial charge in [-0.3, -0.25) is 10.1 Å². The minimum absolute atomic E-state index is 0.00709. The maximum Gasteiger partial charge on any atom is 0.293 e. The van der Waals surface area contributed by atoms with Gasteiger partial charge in [-0.2, -0.15) is 0 Å². The van der Waals surface area contributed by atoms with E-state index in [2.05, 4.69) is 5.32 Å². The van der Waals surface area contributed by atoms with E-state index < -0.39 is 4.92 Å². The average Bonchev–Trinajstić information content (AvgIpc) is 2.85. The van der Waals surface area contributed by atoms with E-state index >= 15 is 0 Å². The maximum absolute atomic E-state index is 11.0. The van der Waals surface area contributed by atoms with Crippen molar-refractivity contribution in [2.45, 2.75) is 31.9 Å². The van der Waals surface area contributed by atoms with Crippen LogP contribution >= 0.6 is 11.6 Å². The number of nitro benzene ring substituents is 1. The van der Waals surface area contributed by atoms with Crippen LogP contribution in [0.4, 0.5) is 11.4 Å². The fraction of sp³-hybridized carbons (Fsp3) is 0.500. The van der Waals surface area contributed by atoms with Gasteiger partial charge in [-0.25, -0.2) is 0 Å². The number of rotatable bonds is 4. The number of para-hydroxylation sites is 1. The number of halogens is 1. The van der Waals surface area contributed by atoms with Crippen LogP contribution in [0.1, 0.15) is 19.8 Å². The third-order valence-electron chi connectivity index (χ3n) is 3.08. The minimum Gasteiger partial charge on any atom is -0.376 e. The highest BCUT2D eigenvalue weighted by atomic mass is 35.5. The lowest BCUT2D eigenvalue weighted by Crippen LogP contribution is -2.30. The molecule has 18 heavy (non-hydrogen) atoms. The topological polar surface area (TPSA) is 64.4 Å². The van der Waals surface area contributed by atoms with Gasteiger partial charge < -0.3 is 10.1 Å². The van der Waals surface area contributed by atoms with Gasteiger partial charge >= 0.3 is 0 Å². The SMILES string of the molecule is CC(Nc1c(Cl)cccc1[N+](=O)[O-])C1CCCO1. The van der Waals surface area contributed by atoms with Crippen LogP contribution in [-0.4, -0.2) is 23.7 Å². The first kappa shape index (κ1) is 13.1. The first-order valence-electron chi connectivity index (χ1n) is 5.90. The van der Waals surface area contributed by atoms with E-state index in [9.17, 15) is 10.1 Å². The van der Waals surface area contributed by atoms with E-state index in [-0.39, 0.29) is 17.8 Å². The van der Waals surface area contributed by atoms with Gasteiger partial charge in [-0.05, 0) is 25.8 Å². The Morgan fingerprint density at radius 3 is 3.00 bits per heavy atom. The van der Waals surface area contributed by atoms with Gasteiger partial charge in [0.05, 0.1) is 16.0 Å². The summed E-state index contributed by atoms with van der Waals surface area (Å²) in [6.07, 6.45) is 2.08. The Morgan fingerprint density at radius 1 is 1.61 bits per heavy atom. The molecule has 5 nitrogen and oxygen atoms in total. The van der Waals surface area contributed by atoms with E-state index in [1.54, 1.807) is 12.1 Å². The van der Waals surface area contributed by atoms with Crippen LogP contribution in [0.15, 0.2) is 18.2 Å². The average molecular weight is 271 g/mol. The molecule has 1 fully saturated rings. The van der Waals surface area contributed by atoms with Crippen molar-refractivity contribution in [1.29, 1.82) is 0 Å². The van der Waals surface area contributed by atoms with E-state index in [4.69, 9.17) is 16.3 Å². The fourth-order valence-corrected chi connectivity index (χ4v) is 2.35. The Bertz CT molecular complexity index is 447. The van der Waals surface area contributed by atoms with E-state index in [1.165, 1.54) is 6.07 Å². The summed E-state index contributed by atoms with van der Waals surface area (Å²) < 4.78 is 5.55. The van der Waals surface area contributed by atoms with Crippen molar-refractivity contribution in [3.8, 4) is 0 Å². The van der Waals surface area contributed by atoms with Crippen LogP contribution < -0.4 is 5.32 Å². The number of nitro groups is 1. The second-order valence-corrected chi connectivity index (χ2v) is 4.78. The summed E-state index contributed by atoms with van der Waals surface area (Å²) in [5.74, 6) is 0. The van der Waals surface area contributed by atoms with Crippen molar-refractivity contribution < 1.29 is 9.66 Å². The Labute approximate surface area is 110 Å². The van der Waals surface area contributed by atoms with Crippen molar-refractivity contribution in [2.75, 3.05) is 11.9 Å². The molecular formula is C12H15ClN2O3. The van der Waals surface area contributed by atoms with Crippen LogP contribution in [0, 0.1) is 10.1 Å². The molecule has 1 aliphatic rings. The van der Waals surface area contributed by atoms with Crippen molar-refractivity contribution >= 4 is 23.0 Å². The molecule has 2 unspecified atom stereocenters. The zero-order valence-corrected chi connectivity index (χ0v) is 10.8. The van der Waals surface area contributed by atoms with Crippen molar-refractivity contribution in [3.05, 3.63) is 33.3 Å². The molecule has 0 bridgehead atoms. The number of nitrogens with zero attached hydrogens (tertiary/aromatic N) is 1. The number of hydrogen-bond acceptors (Lipinski definition) is 4. The summed E-state index contributed by atoms with van der Waals surface area (Å²) in [5.41, 5.74) is 0.361. The highest BCUT2D eigenvalue weighted by Crippen LogP contribution is 2.33. The largest absolute Gasteiger partial charge is 0.376 e. The molecule has 0 aliphatic carbocycles. The molecule has 1 heterocycles. The Kier molecular flexibility index (Phi) is 4.04. The zero-order valence-electron chi connectivity index (χ0n) is 10.1. The molecule has 1 aliphatic heterocycles. The van der Waals surface area contributed by atoms with Gasteiger partial charge in [0.15, 0.2) is 0 Å². The highest BCUT2D eigenvalue weighted by Gasteiger charge is 2.25. The summed E-state index contributed by atoms with van der Waals surface area (Å²) in [7, 11) is 0. The molecule has 2 rings (SSSR count). The first-order chi connectivity index (χ1) is 8.59. The minimum atomic E-state index is -0.434. The summed E-state index contributed by atoms with van der Waals surface area (Å²) in [6, 6.07) is 4.64. The Hall–Kier alpha value is -1.33. The van der Waals surface area contributed by atoms with Crippen LogP contribution in [-0.2, 0) is 4.74 Å². The third-order valence-corrected chi connectivity index (χ3v) is 3.40. The molecule has 2 atom stereocenters. The van der Waals surface area contributed by atoms with Gasteiger partial charge in [0, 0.05) is 18.7 Å². The van der Waals surface area contributed by atoms with Crippen LogP contribution in [0.2, 0.25) is 5.02 Å². The molecule has 1 N–H and O–H groups in total. The molecule has 0 spiro atoms. The molecule has 0 radical (unpaired) electrons. The fourth-order valence-electron chi connectivity index (χ4n) is 2.13. The Balaban J connectivity index is 2.19.